The van der Waals surface area contributed by atoms with Gasteiger partial charge in [-0.05, 0) is 44.6 Å². The lowest BCUT2D eigenvalue weighted by Gasteiger charge is -2.51. The van der Waals surface area contributed by atoms with Crippen molar-refractivity contribution in [3.63, 3.8) is 0 Å². The Hall–Kier alpha value is -3.90. The molecule has 4 saturated heterocycles. The average Bonchev–Trinajstić information content (AvgIpc) is 3.43. The van der Waals surface area contributed by atoms with Crippen molar-refractivity contribution in [2.75, 3.05) is 26.4 Å². The van der Waals surface area contributed by atoms with Crippen LogP contribution in [0.15, 0.2) is 24.3 Å². The van der Waals surface area contributed by atoms with E-state index in [0.29, 0.717) is 6.42 Å². The molecule has 0 radical (unpaired) electrons. The van der Waals surface area contributed by atoms with Gasteiger partial charge in [-0.3, -0.25) is 28.5 Å². The molecule has 0 aliphatic carbocycles. The summed E-state index contributed by atoms with van der Waals surface area (Å²) < 4.78 is 83.2. The number of aliphatic hydroxyl groups excluding tert-OH is 8. The fourth-order valence-corrected chi connectivity index (χ4v) is 9.60. The van der Waals surface area contributed by atoms with Crippen molar-refractivity contribution < 1.29 is 120 Å². The molecular formula is C48H80N4O25S. The van der Waals surface area contributed by atoms with E-state index in [1.54, 1.807) is 6.08 Å². The summed E-state index contributed by atoms with van der Waals surface area (Å²) in [7, 11) is -5.16. The highest BCUT2D eigenvalue weighted by Crippen LogP contribution is 2.35. The topological polar surface area (TPSA) is 433 Å². The van der Waals surface area contributed by atoms with E-state index in [1.165, 1.54) is 31.8 Å². The Kier molecular flexibility index (Phi) is 27.8. The van der Waals surface area contributed by atoms with Crippen LogP contribution >= 0.6 is 0 Å². The maximum atomic E-state index is 13.3. The third kappa shape index (κ3) is 20.3. The summed E-state index contributed by atoms with van der Waals surface area (Å²) in [5, 5.41) is 99.3. The van der Waals surface area contributed by atoms with Crippen molar-refractivity contribution in [2.45, 2.75) is 221 Å². The summed E-state index contributed by atoms with van der Waals surface area (Å²) in [6.45, 7) is 2.60. The molecule has 20 unspecified atom stereocenters. The van der Waals surface area contributed by atoms with E-state index < -0.39 is 189 Å². The zero-order valence-electron chi connectivity index (χ0n) is 44.2. The molecule has 0 aromatic rings. The Bertz CT molecular complexity index is 2070. The van der Waals surface area contributed by atoms with Gasteiger partial charge in [0.1, 0.15) is 104 Å². The van der Waals surface area contributed by atoms with E-state index in [1.807, 2.05) is 0 Å². The predicted octanol–water partition coefficient (Wildman–Crippen LogP) is -3.76. The van der Waals surface area contributed by atoms with Crippen molar-refractivity contribution in [1.29, 1.82) is 0 Å². The van der Waals surface area contributed by atoms with Gasteiger partial charge in [0.2, 0.25) is 23.6 Å². The van der Waals surface area contributed by atoms with Crippen LogP contribution in [-0.2, 0) is 76.4 Å². The van der Waals surface area contributed by atoms with Crippen molar-refractivity contribution in [3.8, 4) is 0 Å². The lowest BCUT2D eigenvalue weighted by atomic mass is 9.93. The second-order valence-corrected chi connectivity index (χ2v) is 20.5. The molecule has 4 heterocycles. The first kappa shape index (κ1) is 66.6. The summed E-state index contributed by atoms with van der Waals surface area (Å²) in [6.07, 6.45) is -12.2. The third-order valence-corrected chi connectivity index (χ3v) is 13.6. The van der Waals surface area contributed by atoms with Crippen LogP contribution in [0.2, 0.25) is 0 Å². The number of carbonyl (C=O) groups excluding carboxylic acids is 5. The molecule has 0 spiro atoms. The predicted molar refractivity (Wildman–Crippen MR) is 265 cm³/mol. The van der Waals surface area contributed by atoms with Gasteiger partial charge in [-0.2, -0.15) is 8.42 Å². The normalized spacial score (nSPS) is 35.5. The second-order valence-electron chi connectivity index (χ2n) is 19.4. The van der Waals surface area contributed by atoms with Crippen molar-refractivity contribution >= 4 is 40.0 Å². The number of esters is 1. The van der Waals surface area contributed by atoms with Gasteiger partial charge >= 0.3 is 16.4 Å². The number of aliphatic hydroxyl groups is 8. The number of unbranched alkanes of at least 4 members (excludes halogenated alkanes) is 8. The molecule has 78 heavy (non-hydrogen) atoms. The van der Waals surface area contributed by atoms with E-state index in [2.05, 4.69) is 44.5 Å². The molecule has 13 N–H and O–H groups in total. The van der Waals surface area contributed by atoms with Crippen LogP contribution in [-0.4, -0.2) is 232 Å². The highest BCUT2D eigenvalue weighted by Gasteiger charge is 2.56. The van der Waals surface area contributed by atoms with Crippen LogP contribution < -0.4 is 21.3 Å². The highest BCUT2D eigenvalue weighted by molar-refractivity contribution is 7.80. The summed E-state index contributed by atoms with van der Waals surface area (Å²) in [4.78, 5) is 62.4. The van der Waals surface area contributed by atoms with Gasteiger partial charge in [0.05, 0.1) is 19.8 Å². The van der Waals surface area contributed by atoms with Gasteiger partial charge < -0.3 is 100 Å². The minimum atomic E-state index is -5.16. The number of rotatable bonds is 29. The smallest absolute Gasteiger partial charge is 0.397 e. The van der Waals surface area contributed by atoms with Crippen LogP contribution in [0.25, 0.3) is 0 Å². The molecule has 30 heteroatoms. The molecule has 0 bridgehead atoms. The molecule has 29 nitrogen and oxygen atoms in total. The number of allylic oxidation sites excluding steroid dienone is 3. The summed E-state index contributed by atoms with van der Waals surface area (Å²) in [5.74, 6) is -3.92. The molecule has 4 aliphatic rings. The van der Waals surface area contributed by atoms with E-state index in [0.717, 1.165) is 59.8 Å². The molecule has 4 amide bonds. The number of amides is 4. The molecule has 448 valence electrons. The second kappa shape index (κ2) is 32.5. The molecule has 0 aromatic heterocycles. The first-order valence-electron chi connectivity index (χ1n) is 26.0. The van der Waals surface area contributed by atoms with E-state index in [9.17, 15) is 77.8 Å². The molecule has 20 atom stereocenters. The minimum Gasteiger partial charge on any atom is -0.463 e. The van der Waals surface area contributed by atoms with Gasteiger partial charge in [-0.25, -0.2) is 4.18 Å². The number of ether oxygens (including phenoxy) is 8. The van der Waals surface area contributed by atoms with Gasteiger partial charge in [0, 0.05) is 27.7 Å². The summed E-state index contributed by atoms with van der Waals surface area (Å²) in [6, 6.07) is -6.73. The quantitative estimate of drug-likeness (QED) is 0.0112. The molecule has 4 aliphatic heterocycles. The fraction of sp³-hybridized carbons (Fsp3) is 0.812. The Labute approximate surface area is 452 Å². The average molecular weight is 1150 g/mol. The van der Waals surface area contributed by atoms with Gasteiger partial charge in [0.25, 0.3) is 0 Å². The first-order valence-corrected chi connectivity index (χ1v) is 27.3. The number of hydrogen-bond acceptors (Lipinski definition) is 24. The molecule has 0 aromatic carbocycles. The van der Waals surface area contributed by atoms with Crippen LogP contribution in [0.4, 0.5) is 0 Å². The van der Waals surface area contributed by atoms with Crippen molar-refractivity contribution in [1.82, 2.24) is 21.3 Å². The number of carbonyl (C=O) groups is 5. The molecule has 4 fully saturated rings. The lowest BCUT2D eigenvalue weighted by Crippen LogP contribution is -2.71. The Morgan fingerprint density at radius 3 is 1.38 bits per heavy atom. The minimum absolute atomic E-state index is 0.541. The monoisotopic (exact) mass is 1140 g/mol. The SMILES string of the molecule is CCCCCCC=CCCCCCC=CC(=O)NC1C(OC2C(CO)OC(OC3C(CO)OC(OC4C(COS(=O)(=O)O)OC(O)C(NC(C)=O)C4O)C(NC(C)=O)C3O)C(NC(C)=O)C2O)OC(COC(C)=O)C(O)C1O. The Balaban J connectivity index is 1.56. The van der Waals surface area contributed by atoms with Gasteiger partial charge in [-0.1, -0.05) is 50.8 Å². The van der Waals surface area contributed by atoms with Crippen LogP contribution in [0.5, 0.6) is 0 Å². The standard InChI is InChI=1S/C48H80N4O25S/c1-6-7-8-9-10-11-12-13-14-15-16-17-18-19-32(59)52-34-38(61)37(60)30(22-69-27(5)58)74-46(34)75-42-28(20-53)72-47(35(40(42)63)50-25(3)56)76-43-29(21-54)73-48(36(41(43)64)51-26(4)57)77-44-31(23-70-78(66,67)68)71-45(65)33(39(44)62)49-24(2)55/h11-12,18-19,28-31,33-48,53-54,60-65H,6-10,13-17,20-23H2,1-5H3,(H,49,55)(H,50,56)(H,51,57)(H,52,59)(H,66,67,68). The molecular weight excluding hydrogens is 1060 g/mol. The fourth-order valence-electron chi connectivity index (χ4n) is 9.29. The highest BCUT2D eigenvalue weighted by atomic mass is 32.3. The molecule has 4 rings (SSSR count). The first-order chi connectivity index (χ1) is 36.9. The largest absolute Gasteiger partial charge is 0.463 e. The Morgan fingerprint density at radius 2 is 0.936 bits per heavy atom. The van der Waals surface area contributed by atoms with E-state index >= 15 is 0 Å². The molecule has 0 saturated carbocycles. The number of hydrogen-bond donors (Lipinski definition) is 13. The summed E-state index contributed by atoms with van der Waals surface area (Å²) in [5.41, 5.74) is 0. The zero-order valence-corrected chi connectivity index (χ0v) is 45.0. The van der Waals surface area contributed by atoms with Crippen molar-refractivity contribution in [2.24, 2.45) is 0 Å². The maximum absolute atomic E-state index is 13.3. The third-order valence-electron chi connectivity index (χ3n) is 13.1. The zero-order chi connectivity index (χ0) is 57.9. The summed E-state index contributed by atoms with van der Waals surface area (Å²) >= 11 is 0. The van der Waals surface area contributed by atoms with Gasteiger partial charge in [0.15, 0.2) is 25.2 Å². The Morgan fingerprint density at radius 1 is 0.513 bits per heavy atom. The maximum Gasteiger partial charge on any atom is 0.397 e. The van der Waals surface area contributed by atoms with Crippen LogP contribution in [0, 0.1) is 0 Å². The van der Waals surface area contributed by atoms with E-state index in [4.69, 9.17) is 37.9 Å². The van der Waals surface area contributed by atoms with Crippen LogP contribution in [0.3, 0.4) is 0 Å². The lowest BCUT2D eigenvalue weighted by molar-refractivity contribution is -0.361. The van der Waals surface area contributed by atoms with Gasteiger partial charge in [-0.15, -0.1) is 0 Å². The van der Waals surface area contributed by atoms with E-state index in [-0.39, 0.29) is 0 Å². The van der Waals surface area contributed by atoms with Crippen molar-refractivity contribution in [3.05, 3.63) is 24.3 Å². The number of nitrogens with one attached hydrogen (secondary N) is 4. The van der Waals surface area contributed by atoms with Crippen LogP contribution in [0.1, 0.15) is 98.8 Å².